The third-order valence-electron chi connectivity index (χ3n) is 4.76. The fraction of sp³-hybridized carbons (Fsp3) is 0.471. The number of carbonyl (C=O) groups excluding carboxylic acids is 1. The molecule has 4 rings (SSSR count). The molecule has 0 spiro atoms. The van der Waals surface area contributed by atoms with Crippen molar-refractivity contribution in [3.05, 3.63) is 45.5 Å². The zero-order chi connectivity index (χ0) is 17.4. The van der Waals surface area contributed by atoms with E-state index in [2.05, 4.69) is 9.97 Å². The number of aromatic amines is 1. The van der Waals surface area contributed by atoms with Crippen LogP contribution in [0.5, 0.6) is 5.75 Å². The van der Waals surface area contributed by atoms with E-state index in [1.165, 1.54) is 13.3 Å². The third kappa shape index (κ3) is 2.72. The maximum absolute atomic E-state index is 13.0. The van der Waals surface area contributed by atoms with Gasteiger partial charge in [0.15, 0.2) is 5.76 Å². The smallest absolute Gasteiger partial charge is 0.293 e. The number of nitrogens with one attached hydrogen (secondary N) is 1. The lowest BCUT2D eigenvalue weighted by Crippen LogP contribution is -2.33. The quantitative estimate of drug-likeness (QED) is 0.903. The van der Waals surface area contributed by atoms with Gasteiger partial charge < -0.3 is 23.8 Å². The van der Waals surface area contributed by atoms with E-state index >= 15 is 0 Å². The molecule has 2 aromatic rings. The molecular weight excluding hydrogens is 326 g/mol. The Balaban J connectivity index is 1.63. The van der Waals surface area contributed by atoms with Crippen LogP contribution in [0.1, 0.15) is 46.4 Å². The van der Waals surface area contributed by atoms with Crippen LogP contribution in [0, 0.1) is 0 Å². The fourth-order valence-corrected chi connectivity index (χ4v) is 3.49. The standard InChI is InChI=1S/C17H19N3O5/c1-23-13-7-18-15(19-16(13)21)12-3-2-5-20(12)17(22)14-11-4-6-24-8-10(11)9-25-14/h7,9,12H,2-6,8H2,1H3,(H,18,19,21). The summed E-state index contributed by atoms with van der Waals surface area (Å²) in [6.45, 7) is 1.66. The van der Waals surface area contributed by atoms with Crippen LogP contribution in [-0.2, 0) is 17.8 Å². The number of aromatic nitrogens is 2. The largest absolute Gasteiger partial charge is 0.490 e. The third-order valence-corrected chi connectivity index (χ3v) is 4.76. The summed E-state index contributed by atoms with van der Waals surface area (Å²) >= 11 is 0. The number of hydrogen-bond acceptors (Lipinski definition) is 6. The minimum absolute atomic E-state index is 0.153. The van der Waals surface area contributed by atoms with Crippen LogP contribution in [0.4, 0.5) is 0 Å². The first kappa shape index (κ1) is 15.9. The van der Waals surface area contributed by atoms with Crippen LogP contribution in [0.25, 0.3) is 0 Å². The summed E-state index contributed by atoms with van der Waals surface area (Å²) in [6, 6.07) is -0.272. The number of fused-ring (bicyclic) bond motifs is 1. The number of rotatable bonds is 3. The lowest BCUT2D eigenvalue weighted by molar-refractivity contribution is 0.0693. The number of H-pyrrole nitrogens is 1. The summed E-state index contributed by atoms with van der Waals surface area (Å²) in [6.07, 6.45) is 5.25. The predicted molar refractivity (Wildman–Crippen MR) is 86.5 cm³/mol. The topological polar surface area (TPSA) is 97.7 Å². The van der Waals surface area contributed by atoms with Crippen molar-refractivity contribution in [2.45, 2.75) is 31.9 Å². The van der Waals surface area contributed by atoms with Crippen LogP contribution in [-0.4, -0.2) is 41.0 Å². The molecule has 1 atom stereocenters. The number of ether oxygens (including phenoxy) is 2. The van der Waals surface area contributed by atoms with E-state index in [9.17, 15) is 9.59 Å². The Labute approximate surface area is 143 Å². The van der Waals surface area contributed by atoms with Gasteiger partial charge in [-0.15, -0.1) is 0 Å². The molecule has 0 aliphatic carbocycles. The second kappa shape index (κ2) is 6.36. The van der Waals surface area contributed by atoms with Gasteiger partial charge in [-0.2, -0.15) is 0 Å². The molecule has 2 aliphatic heterocycles. The molecule has 1 unspecified atom stereocenters. The van der Waals surface area contributed by atoms with Gasteiger partial charge in [0.1, 0.15) is 5.82 Å². The highest BCUT2D eigenvalue weighted by Crippen LogP contribution is 2.33. The summed E-state index contributed by atoms with van der Waals surface area (Å²) in [5.41, 5.74) is 1.51. The van der Waals surface area contributed by atoms with Gasteiger partial charge in [0.2, 0.25) is 5.75 Å². The van der Waals surface area contributed by atoms with Gasteiger partial charge >= 0.3 is 0 Å². The summed E-state index contributed by atoms with van der Waals surface area (Å²) in [7, 11) is 1.42. The number of nitrogens with zero attached hydrogens (tertiary/aromatic N) is 2. The van der Waals surface area contributed by atoms with Crippen molar-refractivity contribution in [1.82, 2.24) is 14.9 Å². The zero-order valence-electron chi connectivity index (χ0n) is 13.9. The molecule has 0 radical (unpaired) electrons. The van der Waals surface area contributed by atoms with Crippen LogP contribution < -0.4 is 10.3 Å². The minimum atomic E-state index is -0.348. The molecule has 8 heteroatoms. The molecule has 1 saturated heterocycles. The summed E-state index contributed by atoms with van der Waals surface area (Å²) in [4.78, 5) is 33.7. The first-order chi connectivity index (χ1) is 12.2. The highest BCUT2D eigenvalue weighted by atomic mass is 16.5. The molecule has 4 heterocycles. The van der Waals surface area contributed by atoms with E-state index in [-0.39, 0.29) is 23.3 Å². The van der Waals surface area contributed by atoms with Crippen LogP contribution >= 0.6 is 0 Å². The van der Waals surface area contributed by atoms with Gasteiger partial charge in [0.05, 0.1) is 38.8 Å². The summed E-state index contributed by atoms with van der Waals surface area (Å²) in [5, 5.41) is 0. The second-order valence-electron chi connectivity index (χ2n) is 6.19. The van der Waals surface area contributed by atoms with Crippen LogP contribution in [0.15, 0.2) is 21.7 Å². The molecular formula is C17H19N3O5. The van der Waals surface area contributed by atoms with Crippen molar-refractivity contribution in [2.75, 3.05) is 20.3 Å². The van der Waals surface area contributed by atoms with Crippen molar-refractivity contribution >= 4 is 5.91 Å². The molecule has 0 bridgehead atoms. The lowest BCUT2D eigenvalue weighted by atomic mass is 10.1. The van der Waals surface area contributed by atoms with Crippen LogP contribution in [0.3, 0.4) is 0 Å². The Bertz CT molecular complexity index is 856. The van der Waals surface area contributed by atoms with E-state index < -0.39 is 0 Å². The predicted octanol–water partition coefficient (Wildman–Crippen LogP) is 1.42. The normalized spacial score (nSPS) is 19.7. The molecule has 8 nitrogen and oxygen atoms in total. The molecule has 1 fully saturated rings. The first-order valence-electron chi connectivity index (χ1n) is 8.30. The van der Waals surface area contributed by atoms with Gasteiger partial charge in [-0.1, -0.05) is 0 Å². The van der Waals surface area contributed by atoms with Crippen molar-refractivity contribution in [1.29, 1.82) is 0 Å². The van der Waals surface area contributed by atoms with E-state index in [0.717, 1.165) is 24.0 Å². The number of likely N-dealkylation sites (tertiary alicyclic amines) is 1. The lowest BCUT2D eigenvalue weighted by Gasteiger charge is -2.24. The number of amides is 1. The van der Waals surface area contributed by atoms with Gasteiger partial charge in [-0.25, -0.2) is 4.98 Å². The average molecular weight is 345 g/mol. The molecule has 2 aliphatic rings. The Morgan fingerprint density at radius 3 is 3.16 bits per heavy atom. The fourth-order valence-electron chi connectivity index (χ4n) is 3.49. The SMILES string of the molecule is COc1cnc(C2CCCN2C(=O)c2occ3c2CCOC3)[nH]c1=O. The van der Waals surface area contributed by atoms with E-state index in [4.69, 9.17) is 13.9 Å². The van der Waals surface area contributed by atoms with Gasteiger partial charge in [-0.05, 0) is 12.8 Å². The molecule has 1 N–H and O–H groups in total. The Hall–Kier alpha value is -2.61. The minimum Gasteiger partial charge on any atom is -0.490 e. The van der Waals surface area contributed by atoms with Crippen LogP contribution in [0.2, 0.25) is 0 Å². The van der Waals surface area contributed by atoms with Gasteiger partial charge in [-0.3, -0.25) is 9.59 Å². The van der Waals surface area contributed by atoms with Crippen molar-refractivity contribution < 1.29 is 18.7 Å². The van der Waals surface area contributed by atoms with Crippen molar-refractivity contribution in [3.8, 4) is 5.75 Å². The summed E-state index contributed by atoms with van der Waals surface area (Å²) < 4.78 is 15.9. The maximum Gasteiger partial charge on any atom is 0.293 e. The highest BCUT2D eigenvalue weighted by molar-refractivity contribution is 5.93. The monoisotopic (exact) mass is 345 g/mol. The molecule has 2 aromatic heterocycles. The maximum atomic E-state index is 13.0. The van der Waals surface area contributed by atoms with Crippen molar-refractivity contribution in [2.24, 2.45) is 0 Å². The number of carbonyl (C=O) groups is 1. The highest BCUT2D eigenvalue weighted by Gasteiger charge is 2.35. The second-order valence-corrected chi connectivity index (χ2v) is 6.19. The Morgan fingerprint density at radius 1 is 1.48 bits per heavy atom. The number of furan rings is 1. The Kier molecular flexibility index (Phi) is 4.04. The number of methoxy groups -OCH3 is 1. The van der Waals surface area contributed by atoms with E-state index in [0.29, 0.717) is 37.8 Å². The van der Waals surface area contributed by atoms with Crippen molar-refractivity contribution in [3.63, 3.8) is 0 Å². The van der Waals surface area contributed by atoms with E-state index in [1.807, 2.05) is 0 Å². The first-order valence-corrected chi connectivity index (χ1v) is 8.30. The molecule has 0 saturated carbocycles. The number of hydrogen-bond donors (Lipinski definition) is 1. The van der Waals surface area contributed by atoms with Gasteiger partial charge in [0.25, 0.3) is 11.5 Å². The molecule has 132 valence electrons. The Morgan fingerprint density at radius 2 is 2.36 bits per heavy atom. The zero-order valence-corrected chi connectivity index (χ0v) is 13.9. The molecule has 25 heavy (non-hydrogen) atoms. The molecule has 1 amide bonds. The van der Waals surface area contributed by atoms with Gasteiger partial charge in [0, 0.05) is 24.1 Å². The summed E-state index contributed by atoms with van der Waals surface area (Å²) in [5.74, 6) is 0.838. The van der Waals surface area contributed by atoms with E-state index in [1.54, 1.807) is 11.2 Å². The molecule has 0 aromatic carbocycles. The average Bonchev–Trinajstić information content (AvgIpc) is 3.28.